The number of hydrogen-bond donors (Lipinski definition) is 2. The Kier molecular flexibility index (Phi) is 4.68. The molecular formula is C21H23Cl2N5O. The van der Waals surface area contributed by atoms with Gasteiger partial charge >= 0.3 is 0 Å². The van der Waals surface area contributed by atoms with Crippen LogP contribution in [0.25, 0.3) is 10.9 Å². The second kappa shape index (κ2) is 7.11. The average Bonchev–Trinajstić information content (AvgIpc) is 3.46. The molecule has 0 spiro atoms. The third-order valence-electron chi connectivity index (χ3n) is 6.07. The van der Waals surface area contributed by atoms with Gasteiger partial charge in [0.15, 0.2) is 5.15 Å². The summed E-state index contributed by atoms with van der Waals surface area (Å²) in [6, 6.07) is 4.40. The van der Waals surface area contributed by atoms with E-state index in [0.29, 0.717) is 28.7 Å². The quantitative estimate of drug-likeness (QED) is 0.560. The van der Waals surface area contributed by atoms with E-state index in [1.807, 2.05) is 17.7 Å². The van der Waals surface area contributed by atoms with Crippen molar-refractivity contribution in [3.63, 3.8) is 0 Å². The predicted octanol–water partition coefficient (Wildman–Crippen LogP) is 5.62. The lowest BCUT2D eigenvalue weighted by Gasteiger charge is -2.33. The third-order valence-corrected chi connectivity index (χ3v) is 6.78. The fourth-order valence-corrected chi connectivity index (χ4v) is 4.72. The summed E-state index contributed by atoms with van der Waals surface area (Å²) < 4.78 is 1.85. The minimum Gasteiger partial charge on any atom is -0.390 e. The average molecular weight is 432 g/mol. The fourth-order valence-electron chi connectivity index (χ4n) is 4.12. The van der Waals surface area contributed by atoms with Crippen LogP contribution in [0.15, 0.2) is 24.5 Å². The maximum Gasteiger partial charge on any atom is 0.227 e. The standard InChI is InChI=1S/C21H23Cl2N5O/c1-21(29)6-4-12(5-7-21)15-9-17-13(8-16(15)22)10-24-20(26-17)27-18-11-25-28(19(18)23)14-2-3-14/h8-12,14,29H,2-7H2,1H3,(H,24,26,27). The van der Waals surface area contributed by atoms with E-state index in [1.165, 1.54) is 0 Å². The van der Waals surface area contributed by atoms with Crippen LogP contribution in [0.3, 0.4) is 0 Å². The molecule has 6 nitrogen and oxygen atoms in total. The minimum absolute atomic E-state index is 0.338. The van der Waals surface area contributed by atoms with Gasteiger partial charge in [-0.1, -0.05) is 23.2 Å². The van der Waals surface area contributed by atoms with Crippen molar-refractivity contribution in [2.45, 2.75) is 63.0 Å². The number of rotatable bonds is 4. The molecule has 152 valence electrons. The van der Waals surface area contributed by atoms with Crippen LogP contribution in [-0.2, 0) is 0 Å². The number of benzene rings is 1. The van der Waals surface area contributed by atoms with Gasteiger partial charge in [0.25, 0.3) is 0 Å². The molecule has 0 aliphatic heterocycles. The number of nitrogens with one attached hydrogen (secondary N) is 1. The Hall–Kier alpha value is -1.89. The van der Waals surface area contributed by atoms with Gasteiger partial charge in [-0.15, -0.1) is 0 Å². The van der Waals surface area contributed by atoms with Crippen LogP contribution < -0.4 is 5.32 Å². The number of anilines is 2. The first-order chi connectivity index (χ1) is 13.9. The van der Waals surface area contributed by atoms with Crippen LogP contribution in [-0.4, -0.2) is 30.5 Å². The van der Waals surface area contributed by atoms with Crippen LogP contribution >= 0.6 is 23.2 Å². The van der Waals surface area contributed by atoms with Gasteiger partial charge < -0.3 is 10.4 Å². The minimum atomic E-state index is -0.566. The Labute approximate surface area is 179 Å². The highest BCUT2D eigenvalue weighted by atomic mass is 35.5. The van der Waals surface area contributed by atoms with E-state index in [-0.39, 0.29) is 0 Å². The summed E-state index contributed by atoms with van der Waals surface area (Å²) in [6.07, 6.45) is 9.13. The number of aromatic nitrogens is 4. The number of nitrogens with zero attached hydrogens (tertiary/aromatic N) is 4. The smallest absolute Gasteiger partial charge is 0.227 e. The molecule has 2 fully saturated rings. The van der Waals surface area contributed by atoms with Crippen molar-refractivity contribution in [3.8, 4) is 0 Å². The molecule has 0 saturated heterocycles. The van der Waals surface area contributed by atoms with Crippen molar-refractivity contribution < 1.29 is 5.11 Å². The summed E-state index contributed by atoms with van der Waals surface area (Å²) in [4.78, 5) is 9.09. The highest BCUT2D eigenvalue weighted by Gasteiger charge is 2.30. The van der Waals surface area contributed by atoms with Crippen molar-refractivity contribution in [2.75, 3.05) is 5.32 Å². The summed E-state index contributed by atoms with van der Waals surface area (Å²) >= 11 is 13.0. The fraction of sp³-hybridized carbons (Fsp3) is 0.476. The molecule has 0 unspecified atom stereocenters. The molecular weight excluding hydrogens is 409 g/mol. The summed E-state index contributed by atoms with van der Waals surface area (Å²) in [7, 11) is 0. The molecule has 2 aliphatic rings. The van der Waals surface area contributed by atoms with Crippen LogP contribution in [0.4, 0.5) is 11.6 Å². The van der Waals surface area contributed by atoms with Gasteiger partial charge in [0.2, 0.25) is 5.95 Å². The van der Waals surface area contributed by atoms with Gasteiger partial charge in [-0.2, -0.15) is 5.10 Å². The van der Waals surface area contributed by atoms with Crippen molar-refractivity contribution in [1.29, 1.82) is 0 Å². The largest absolute Gasteiger partial charge is 0.390 e. The Morgan fingerprint density at radius 1 is 1.14 bits per heavy atom. The van der Waals surface area contributed by atoms with Gasteiger partial charge in [0.05, 0.1) is 29.0 Å². The second-order valence-corrected chi connectivity index (χ2v) is 9.31. The van der Waals surface area contributed by atoms with Gasteiger partial charge in [-0.3, -0.25) is 0 Å². The number of fused-ring (bicyclic) bond motifs is 1. The molecule has 8 heteroatoms. The molecule has 2 aliphatic carbocycles. The first-order valence-electron chi connectivity index (χ1n) is 10.1. The molecule has 0 radical (unpaired) electrons. The lowest BCUT2D eigenvalue weighted by atomic mass is 9.77. The van der Waals surface area contributed by atoms with Crippen molar-refractivity contribution >= 4 is 45.7 Å². The summed E-state index contributed by atoms with van der Waals surface area (Å²) in [5, 5.41) is 20.0. The monoisotopic (exact) mass is 431 g/mol. The third kappa shape index (κ3) is 3.81. The Morgan fingerprint density at radius 2 is 1.90 bits per heavy atom. The van der Waals surface area contributed by atoms with Crippen LogP contribution in [0.5, 0.6) is 0 Å². The second-order valence-electron chi connectivity index (χ2n) is 8.55. The summed E-state index contributed by atoms with van der Waals surface area (Å²) in [6.45, 7) is 1.91. The maximum atomic E-state index is 10.2. The SMILES string of the molecule is CC1(O)CCC(c2cc3nc(Nc4cnn(C5CC5)c4Cl)ncc3cc2Cl)CC1. The molecule has 2 N–H and O–H groups in total. The van der Waals surface area contributed by atoms with E-state index in [9.17, 15) is 5.11 Å². The van der Waals surface area contributed by atoms with Crippen molar-refractivity contribution in [1.82, 2.24) is 19.7 Å². The molecule has 5 rings (SSSR count). The van der Waals surface area contributed by atoms with Gasteiger partial charge in [-0.25, -0.2) is 14.6 Å². The van der Waals surface area contributed by atoms with Gasteiger partial charge in [0.1, 0.15) is 0 Å². The number of halogens is 2. The van der Waals surface area contributed by atoms with E-state index in [4.69, 9.17) is 23.2 Å². The molecule has 2 aromatic heterocycles. The van der Waals surface area contributed by atoms with E-state index in [0.717, 1.165) is 60.0 Å². The highest BCUT2D eigenvalue weighted by Crippen LogP contribution is 2.41. The first kappa shape index (κ1) is 19.1. The Balaban J connectivity index is 1.42. The zero-order valence-electron chi connectivity index (χ0n) is 16.2. The first-order valence-corrected chi connectivity index (χ1v) is 10.8. The Morgan fingerprint density at radius 3 is 2.62 bits per heavy atom. The van der Waals surface area contributed by atoms with E-state index in [1.54, 1.807) is 12.4 Å². The van der Waals surface area contributed by atoms with E-state index < -0.39 is 5.60 Å². The Bertz CT molecular complexity index is 1070. The topological polar surface area (TPSA) is 75.9 Å². The van der Waals surface area contributed by atoms with E-state index in [2.05, 4.69) is 26.4 Å². The predicted molar refractivity (Wildman–Crippen MR) is 115 cm³/mol. The number of aliphatic hydroxyl groups is 1. The zero-order valence-corrected chi connectivity index (χ0v) is 17.7. The van der Waals surface area contributed by atoms with Crippen LogP contribution in [0, 0.1) is 0 Å². The van der Waals surface area contributed by atoms with Crippen LogP contribution in [0.1, 0.15) is 63.0 Å². The maximum absolute atomic E-state index is 10.2. The summed E-state index contributed by atoms with van der Waals surface area (Å²) in [5.41, 5.74) is 2.08. The molecule has 0 bridgehead atoms. The van der Waals surface area contributed by atoms with Crippen molar-refractivity contribution in [3.05, 3.63) is 40.3 Å². The molecule has 29 heavy (non-hydrogen) atoms. The molecule has 3 aromatic rings. The normalized spacial score (nSPS) is 24.8. The number of hydrogen-bond acceptors (Lipinski definition) is 5. The molecule has 1 aromatic carbocycles. The van der Waals surface area contributed by atoms with Gasteiger partial charge in [0, 0.05) is 16.6 Å². The zero-order chi connectivity index (χ0) is 20.2. The molecule has 0 atom stereocenters. The lowest BCUT2D eigenvalue weighted by molar-refractivity contribution is 0.0172. The van der Waals surface area contributed by atoms with Gasteiger partial charge in [-0.05, 0) is 69.1 Å². The molecule has 2 saturated carbocycles. The van der Waals surface area contributed by atoms with Crippen molar-refractivity contribution in [2.24, 2.45) is 0 Å². The molecule has 0 amide bonds. The lowest BCUT2D eigenvalue weighted by Crippen LogP contribution is -2.29. The van der Waals surface area contributed by atoms with E-state index >= 15 is 0 Å². The summed E-state index contributed by atoms with van der Waals surface area (Å²) in [5.74, 6) is 0.819. The molecule has 2 heterocycles. The van der Waals surface area contributed by atoms with Crippen LogP contribution in [0.2, 0.25) is 10.2 Å². The highest BCUT2D eigenvalue weighted by molar-refractivity contribution is 6.32.